The van der Waals surface area contributed by atoms with Crippen LogP contribution in [0.5, 0.6) is 0 Å². The Kier molecular flexibility index (Phi) is 13.4. The van der Waals surface area contributed by atoms with Crippen LogP contribution in [0.15, 0.2) is 309 Å². The monoisotopic (exact) mass is 1390 g/mol. The fourth-order valence-corrected chi connectivity index (χ4v) is 13.5. The molecule has 9 heteroatoms. The number of hydrogen-bond donors (Lipinski definition) is 0. The first kappa shape index (κ1) is 51.9. The number of benzene rings is 15. The van der Waals surface area contributed by atoms with E-state index in [4.69, 9.17) is 49.9 Å². The molecule has 18 rings (SSSR count). The van der Waals surface area contributed by atoms with E-state index in [1.807, 2.05) is 104 Å². The summed E-state index contributed by atoms with van der Waals surface area (Å²) in [5.41, 5.74) is 5.92. The molecule has 105 heavy (non-hydrogen) atoms. The van der Waals surface area contributed by atoms with Gasteiger partial charge >= 0.3 is 21.4 Å². The Morgan fingerprint density at radius 3 is 0.933 bits per heavy atom. The fourth-order valence-electron chi connectivity index (χ4n) is 13.5. The molecule has 0 saturated carbocycles. The van der Waals surface area contributed by atoms with Crippen molar-refractivity contribution in [2.45, 2.75) is 117 Å². The predicted molar refractivity (Wildman–Crippen MR) is 444 cm³/mol. The topological polar surface area (TPSA) is 55.4 Å². The minimum Gasteiger partial charge on any atom is -0.399 e. The second-order valence-corrected chi connectivity index (χ2v) is 30.2. The van der Waals surface area contributed by atoms with E-state index in [0.29, 0.717) is 38.5 Å². The molecule has 516 valence electrons. The van der Waals surface area contributed by atoms with Gasteiger partial charge in [-0.05, 0) is 285 Å². The zero-order chi connectivity index (χ0) is 87.4. The van der Waals surface area contributed by atoms with Gasteiger partial charge in [0, 0.05) is 0 Å². The third-order valence-corrected chi connectivity index (χ3v) is 21.7. The summed E-state index contributed by atoms with van der Waals surface area (Å²) in [6.45, 7) is 23.6. The van der Waals surface area contributed by atoms with Gasteiger partial charge in [-0.25, -0.2) is 0 Å². The first-order valence-corrected chi connectivity index (χ1v) is 35.5. The van der Waals surface area contributed by atoms with Gasteiger partial charge in [-0.2, -0.15) is 0 Å². The minimum absolute atomic E-state index is 0.0178. The van der Waals surface area contributed by atoms with Gasteiger partial charge < -0.3 is 27.9 Å². The lowest BCUT2D eigenvalue weighted by Crippen LogP contribution is -2.41. The van der Waals surface area contributed by atoms with Crippen LogP contribution in [0, 0.1) is 0 Å². The van der Waals surface area contributed by atoms with Crippen molar-refractivity contribution < 1.29 is 51.2 Å². The highest BCUT2D eigenvalue weighted by molar-refractivity contribution is 6.65. The van der Waals surface area contributed by atoms with Crippen molar-refractivity contribution in [3.8, 4) is 66.8 Å². The SMILES string of the molecule is CC1(C)OB(c2ccccc2-c2ccc3cc(-c4ccc5ccccc5c4)ccc3c2)OC1(C)C.[2H]c1c(-c2ccccc2B2OC(C)(C)C(C)(C)O2)c([2H])c2c([2H])c([2H])c(-c3ccc4ccccc4c3)c([2H])c2c1[2H].[2H]c1c([2H])c([2H])c(-c2ccc3cc(-c4c([2H])c([2H])c5c([2H])c([2H])c([2H])c([2H])c5c4[2H])ccc3c2)c(B2OC(C)(C)C(C)(C)O2)c1[2H]. The molecule has 0 aromatic heterocycles. The molecule has 0 spiro atoms. The standard InChI is InChI=1S/3C32H29BO2/c3*1-31(2)32(3,4)35-33(34-31)30-12-8-7-11-29(30)28-18-17-26-20-25(15-16-27(26)21-28)24-14-13-22-9-5-6-10-23(22)19-24/h3*5-21H,1-4H3/i5D,6D,7D,8D,9D,10D,11D,12D,13D,14D,19D;15D,16D,17D,18D,20D,21D;. The van der Waals surface area contributed by atoms with Crippen LogP contribution in [0.4, 0.5) is 0 Å². The summed E-state index contributed by atoms with van der Waals surface area (Å²) in [5.74, 6) is 0. The lowest BCUT2D eigenvalue weighted by atomic mass is 9.74. The normalized spacial score (nSPS) is 19.0. The molecule has 3 aliphatic rings. The molecule has 0 unspecified atom stereocenters. The first-order valence-electron chi connectivity index (χ1n) is 44.0. The molecule has 15 aromatic carbocycles. The molecule has 6 nitrogen and oxygen atoms in total. The van der Waals surface area contributed by atoms with Crippen LogP contribution >= 0.6 is 0 Å². The van der Waals surface area contributed by atoms with Gasteiger partial charge in [0.25, 0.3) is 0 Å². The highest BCUT2D eigenvalue weighted by Crippen LogP contribution is 2.42. The summed E-state index contributed by atoms with van der Waals surface area (Å²) in [4.78, 5) is 0. The molecule has 3 heterocycles. The Labute approximate surface area is 643 Å². The molecule has 0 atom stereocenters. The zero-order valence-electron chi connectivity index (χ0n) is 77.8. The van der Waals surface area contributed by atoms with E-state index in [2.05, 4.69) is 131 Å². The molecule has 0 bridgehead atoms. The van der Waals surface area contributed by atoms with Crippen molar-refractivity contribution in [2.75, 3.05) is 0 Å². The number of fused-ring (bicyclic) bond motifs is 6. The van der Waals surface area contributed by atoms with Crippen molar-refractivity contribution in [3.63, 3.8) is 0 Å². The molecule has 0 radical (unpaired) electrons. The Morgan fingerprint density at radius 1 is 0.210 bits per heavy atom. The molecule has 3 aliphatic heterocycles. The van der Waals surface area contributed by atoms with Gasteiger partial charge in [-0.3, -0.25) is 0 Å². The van der Waals surface area contributed by atoms with Crippen LogP contribution in [0.3, 0.4) is 0 Å². The smallest absolute Gasteiger partial charge is 0.399 e. The minimum atomic E-state index is -1.04. The van der Waals surface area contributed by atoms with E-state index in [-0.39, 0.29) is 134 Å². The maximum atomic E-state index is 9.18. The van der Waals surface area contributed by atoms with Crippen LogP contribution in [0.25, 0.3) is 131 Å². The lowest BCUT2D eigenvalue weighted by molar-refractivity contribution is 0.00578. The van der Waals surface area contributed by atoms with E-state index in [1.54, 1.807) is 54.6 Å². The van der Waals surface area contributed by atoms with Crippen molar-refractivity contribution in [1.82, 2.24) is 0 Å². The molecule has 15 aromatic rings. The van der Waals surface area contributed by atoms with Crippen molar-refractivity contribution in [3.05, 3.63) is 309 Å². The largest absolute Gasteiger partial charge is 0.495 e. The summed E-state index contributed by atoms with van der Waals surface area (Å²) in [5, 5.41) is 8.05. The molecule has 3 fully saturated rings. The average Bonchev–Trinajstić information content (AvgIpc) is 1.05. The number of rotatable bonds is 9. The lowest BCUT2D eigenvalue weighted by Gasteiger charge is -2.32. The molecular formula is C96H87B3O6. The first-order chi connectivity index (χ1) is 57.5. The Balaban J connectivity index is 0.000000137. The van der Waals surface area contributed by atoms with Gasteiger partial charge in [0.05, 0.1) is 56.9 Å². The Morgan fingerprint density at radius 2 is 0.486 bits per heavy atom. The summed E-state index contributed by atoms with van der Waals surface area (Å²) < 4.78 is 185. The molecule has 0 amide bonds. The number of hydrogen-bond acceptors (Lipinski definition) is 6. The summed E-state index contributed by atoms with van der Waals surface area (Å²) >= 11 is 0. The maximum absolute atomic E-state index is 9.18. The summed E-state index contributed by atoms with van der Waals surface area (Å²) in [7, 11) is -2.19. The van der Waals surface area contributed by atoms with Crippen molar-refractivity contribution >= 4 is 102 Å². The van der Waals surface area contributed by atoms with E-state index in [1.165, 1.54) is 38.2 Å². The third-order valence-electron chi connectivity index (χ3n) is 21.7. The van der Waals surface area contributed by atoms with Crippen LogP contribution in [0.2, 0.25) is 0 Å². The summed E-state index contributed by atoms with van der Waals surface area (Å²) in [6, 6.07) is 62.5. The fraction of sp³-hybridized carbons (Fsp3) is 0.188. The molecule has 3 saturated heterocycles. The zero-order valence-corrected chi connectivity index (χ0v) is 60.8. The van der Waals surface area contributed by atoms with Crippen molar-refractivity contribution in [1.29, 1.82) is 0 Å². The highest BCUT2D eigenvalue weighted by Gasteiger charge is 2.54. The van der Waals surface area contributed by atoms with Gasteiger partial charge in [0.15, 0.2) is 0 Å². The van der Waals surface area contributed by atoms with Crippen LogP contribution in [-0.4, -0.2) is 55.0 Å². The summed E-state index contributed by atoms with van der Waals surface area (Å²) in [6.07, 6.45) is 0. The van der Waals surface area contributed by atoms with Crippen LogP contribution in [0.1, 0.15) is 106 Å². The van der Waals surface area contributed by atoms with Crippen LogP contribution in [-0.2, 0) is 27.9 Å². The molecular weight excluding hydrogens is 1280 g/mol. The second-order valence-electron chi connectivity index (χ2n) is 30.2. The van der Waals surface area contributed by atoms with Crippen molar-refractivity contribution in [2.24, 2.45) is 0 Å². The maximum Gasteiger partial charge on any atom is 0.495 e. The Bertz CT molecular complexity index is 6850. The van der Waals surface area contributed by atoms with Gasteiger partial charge in [0.1, 0.15) is 0 Å². The second kappa shape index (κ2) is 27.1. The van der Waals surface area contributed by atoms with Crippen LogP contribution < -0.4 is 16.4 Å². The van der Waals surface area contributed by atoms with E-state index < -0.39 is 72.9 Å². The van der Waals surface area contributed by atoms with E-state index in [0.717, 1.165) is 21.8 Å². The van der Waals surface area contributed by atoms with Gasteiger partial charge in [-0.15, -0.1) is 0 Å². The average molecular weight is 1390 g/mol. The Hall–Kier alpha value is -10.2. The van der Waals surface area contributed by atoms with E-state index in [9.17, 15) is 1.37 Å². The molecule has 0 N–H and O–H groups in total. The highest BCUT2D eigenvalue weighted by atomic mass is 16.7. The molecule has 0 aliphatic carbocycles. The van der Waals surface area contributed by atoms with Gasteiger partial charge in [0.2, 0.25) is 0 Å². The van der Waals surface area contributed by atoms with E-state index >= 15 is 0 Å². The quantitative estimate of drug-likeness (QED) is 0.134. The third kappa shape index (κ3) is 13.5. The van der Waals surface area contributed by atoms with Gasteiger partial charge in [-0.1, -0.05) is 254 Å². The predicted octanol–water partition coefficient (Wildman–Crippen LogP) is 22.9.